The number of aromatic nitrogens is 2. The highest BCUT2D eigenvalue weighted by Gasteiger charge is 2.23. The van der Waals surface area contributed by atoms with Crippen molar-refractivity contribution in [3.05, 3.63) is 69.1 Å². The van der Waals surface area contributed by atoms with Gasteiger partial charge in [-0.2, -0.15) is 5.10 Å². The number of aliphatic hydroxyl groups excluding tert-OH is 1. The number of aliphatic hydroxyl groups is 1. The molecule has 3 rings (SSSR count). The van der Waals surface area contributed by atoms with Crippen LogP contribution in [0.2, 0.25) is 5.02 Å². The number of anilines is 1. The highest BCUT2D eigenvalue weighted by Crippen LogP contribution is 2.21. The van der Waals surface area contributed by atoms with Crippen LogP contribution in [0, 0.1) is 0 Å². The van der Waals surface area contributed by atoms with Gasteiger partial charge in [0.2, 0.25) is 5.91 Å². The van der Waals surface area contributed by atoms with Crippen LogP contribution in [-0.2, 0) is 9.53 Å². The van der Waals surface area contributed by atoms with Gasteiger partial charge < -0.3 is 20.1 Å². The average molecular weight is 444 g/mol. The number of nitrogens with zero attached hydrogens (tertiary/aromatic N) is 2. The minimum absolute atomic E-state index is 0.204. The molecular weight excluding hydrogens is 426 g/mol. The topological polar surface area (TPSA) is 146 Å². The van der Waals surface area contributed by atoms with Crippen LogP contribution in [0.15, 0.2) is 52.4 Å². The summed E-state index contributed by atoms with van der Waals surface area (Å²) in [5.74, 6) is -0.246. The van der Waals surface area contributed by atoms with Crippen molar-refractivity contribution in [2.45, 2.75) is 13.0 Å². The number of rotatable bonds is 5. The molecule has 0 saturated carbocycles. The lowest BCUT2D eigenvalue weighted by Crippen LogP contribution is -2.29. The lowest BCUT2D eigenvalue weighted by Gasteiger charge is -2.15. The first-order valence-electron chi connectivity index (χ1n) is 8.95. The molecule has 0 bridgehead atoms. The molecular formula is C20H18ClN5O5. The van der Waals surface area contributed by atoms with Crippen LogP contribution in [0.3, 0.4) is 0 Å². The Kier molecular flexibility index (Phi) is 6.63. The normalized spacial score (nSPS) is 12.3. The molecule has 4 N–H and O–H groups in total. The third-order valence-electron chi connectivity index (χ3n) is 4.16. The number of carbonyl (C=O) groups is 2. The number of hydrazone groups is 1. The van der Waals surface area contributed by atoms with E-state index in [-0.39, 0.29) is 17.3 Å². The number of hydrogen-bond acceptors (Lipinski definition) is 7. The SMILES string of the molecule is COC(=O)NN=C(c1nc2ccc(Cl)cc2[nH]c1=O)C(O)c1ccc(NC(C)=O)cc1. The van der Waals surface area contributed by atoms with E-state index in [0.717, 1.165) is 7.11 Å². The molecule has 1 heterocycles. The van der Waals surface area contributed by atoms with Gasteiger partial charge in [0, 0.05) is 17.6 Å². The van der Waals surface area contributed by atoms with Gasteiger partial charge in [0.25, 0.3) is 5.56 Å². The second kappa shape index (κ2) is 9.37. The van der Waals surface area contributed by atoms with E-state index in [0.29, 0.717) is 27.3 Å². The molecule has 10 nitrogen and oxygen atoms in total. The molecule has 11 heteroatoms. The molecule has 1 aromatic heterocycles. The van der Waals surface area contributed by atoms with Crippen LogP contribution in [0.1, 0.15) is 24.3 Å². The molecule has 2 amide bonds. The zero-order chi connectivity index (χ0) is 22.5. The minimum atomic E-state index is -1.43. The number of fused-ring (bicyclic) bond motifs is 1. The van der Waals surface area contributed by atoms with Crippen LogP contribution in [0.5, 0.6) is 0 Å². The van der Waals surface area contributed by atoms with Crippen molar-refractivity contribution in [2.24, 2.45) is 5.10 Å². The fraction of sp³-hybridized carbons (Fsp3) is 0.150. The summed E-state index contributed by atoms with van der Waals surface area (Å²) < 4.78 is 4.49. The molecule has 2 aromatic carbocycles. The molecule has 0 radical (unpaired) electrons. The summed E-state index contributed by atoms with van der Waals surface area (Å²) in [4.78, 5) is 42.3. The second-order valence-electron chi connectivity index (χ2n) is 6.38. The van der Waals surface area contributed by atoms with Crippen LogP contribution in [-0.4, -0.2) is 39.9 Å². The van der Waals surface area contributed by atoms with Gasteiger partial charge in [-0.15, -0.1) is 0 Å². The Balaban J connectivity index is 2.06. The Morgan fingerprint density at radius 3 is 2.58 bits per heavy atom. The fourth-order valence-electron chi connectivity index (χ4n) is 2.74. The van der Waals surface area contributed by atoms with Gasteiger partial charge in [0.05, 0.1) is 18.1 Å². The molecule has 1 unspecified atom stereocenters. The number of amides is 2. The Hall–Kier alpha value is -3.76. The maximum atomic E-state index is 12.7. The Morgan fingerprint density at radius 2 is 1.94 bits per heavy atom. The Bertz CT molecular complexity index is 1220. The van der Waals surface area contributed by atoms with Crippen molar-refractivity contribution >= 4 is 46.0 Å². The number of halogens is 1. The van der Waals surface area contributed by atoms with E-state index < -0.39 is 17.8 Å². The molecule has 0 aliphatic heterocycles. The number of ether oxygens (including phenoxy) is 1. The molecule has 0 fully saturated rings. The quantitative estimate of drug-likeness (QED) is 0.351. The van der Waals surface area contributed by atoms with Crippen LogP contribution in [0.25, 0.3) is 11.0 Å². The third-order valence-corrected chi connectivity index (χ3v) is 4.39. The number of methoxy groups -OCH3 is 1. The lowest BCUT2D eigenvalue weighted by molar-refractivity contribution is -0.114. The van der Waals surface area contributed by atoms with Crippen molar-refractivity contribution in [1.82, 2.24) is 15.4 Å². The second-order valence-corrected chi connectivity index (χ2v) is 6.82. The predicted molar refractivity (Wildman–Crippen MR) is 115 cm³/mol. The van der Waals surface area contributed by atoms with Gasteiger partial charge in [0.15, 0.2) is 5.69 Å². The minimum Gasteiger partial charge on any atom is -0.452 e. The zero-order valence-corrected chi connectivity index (χ0v) is 17.2. The van der Waals surface area contributed by atoms with Crippen LogP contribution in [0.4, 0.5) is 10.5 Å². The monoisotopic (exact) mass is 443 g/mol. The molecule has 3 aromatic rings. The molecule has 0 saturated heterocycles. The van der Waals surface area contributed by atoms with Crippen molar-refractivity contribution in [1.29, 1.82) is 0 Å². The first kappa shape index (κ1) is 21.9. The summed E-state index contributed by atoms with van der Waals surface area (Å²) in [6.45, 7) is 1.37. The highest BCUT2D eigenvalue weighted by molar-refractivity contribution is 6.31. The van der Waals surface area contributed by atoms with Crippen LogP contribution >= 0.6 is 11.6 Å². The van der Waals surface area contributed by atoms with Gasteiger partial charge in [-0.25, -0.2) is 15.2 Å². The van der Waals surface area contributed by atoms with Gasteiger partial charge in [-0.1, -0.05) is 23.7 Å². The van der Waals surface area contributed by atoms with E-state index in [1.54, 1.807) is 36.4 Å². The van der Waals surface area contributed by atoms with Gasteiger partial charge in [0.1, 0.15) is 11.8 Å². The number of carbonyl (C=O) groups excluding carboxylic acids is 2. The number of nitrogens with one attached hydrogen (secondary N) is 3. The predicted octanol–water partition coefficient (Wildman–Crippen LogP) is 2.33. The molecule has 160 valence electrons. The number of benzene rings is 2. The first-order valence-corrected chi connectivity index (χ1v) is 9.33. The average Bonchev–Trinajstić information content (AvgIpc) is 2.73. The highest BCUT2D eigenvalue weighted by atomic mass is 35.5. The van der Waals surface area contributed by atoms with Gasteiger partial charge in [-0.05, 0) is 35.9 Å². The molecule has 31 heavy (non-hydrogen) atoms. The number of hydrogen-bond donors (Lipinski definition) is 4. The molecule has 0 aliphatic carbocycles. The molecule has 0 aliphatic rings. The third kappa shape index (κ3) is 5.24. The van der Waals surface area contributed by atoms with Gasteiger partial charge >= 0.3 is 6.09 Å². The van der Waals surface area contributed by atoms with E-state index in [9.17, 15) is 19.5 Å². The van der Waals surface area contributed by atoms with E-state index in [2.05, 4.69) is 30.5 Å². The van der Waals surface area contributed by atoms with Crippen molar-refractivity contribution in [3.63, 3.8) is 0 Å². The van der Waals surface area contributed by atoms with Crippen LogP contribution < -0.4 is 16.3 Å². The van der Waals surface area contributed by atoms with Crippen molar-refractivity contribution in [3.8, 4) is 0 Å². The van der Waals surface area contributed by atoms with E-state index in [1.165, 1.54) is 13.0 Å². The lowest BCUT2D eigenvalue weighted by atomic mass is 10.0. The summed E-state index contributed by atoms with van der Waals surface area (Å²) in [5.41, 5.74) is 2.70. The largest absolute Gasteiger partial charge is 0.452 e. The maximum absolute atomic E-state index is 12.7. The summed E-state index contributed by atoms with van der Waals surface area (Å²) in [6, 6.07) is 11.0. The number of H-pyrrole nitrogens is 1. The smallest absolute Gasteiger partial charge is 0.427 e. The van der Waals surface area contributed by atoms with Gasteiger partial charge in [-0.3, -0.25) is 9.59 Å². The summed E-state index contributed by atoms with van der Waals surface area (Å²) in [6.07, 6.45) is -2.32. The zero-order valence-electron chi connectivity index (χ0n) is 16.5. The first-order chi connectivity index (χ1) is 14.8. The van der Waals surface area contributed by atoms with E-state index >= 15 is 0 Å². The maximum Gasteiger partial charge on any atom is 0.427 e. The van der Waals surface area contributed by atoms with E-state index in [1.807, 2.05) is 0 Å². The summed E-state index contributed by atoms with van der Waals surface area (Å²) in [7, 11) is 1.15. The fourth-order valence-corrected chi connectivity index (χ4v) is 2.91. The standard InChI is InChI=1S/C20H18ClN5O5/c1-10(27)22-13-6-3-11(4-7-13)18(28)16(25-26-20(30)31-2)17-19(29)24-15-9-12(21)5-8-14(15)23-17/h3-9,18,28H,1-2H3,(H,22,27)(H,24,29)(H,26,30). The Morgan fingerprint density at radius 1 is 1.23 bits per heavy atom. The van der Waals surface area contributed by atoms with Crippen molar-refractivity contribution < 1.29 is 19.4 Å². The molecule has 0 spiro atoms. The van der Waals surface area contributed by atoms with Crippen molar-refractivity contribution in [2.75, 3.05) is 12.4 Å². The Labute approximate surface area is 180 Å². The summed E-state index contributed by atoms with van der Waals surface area (Å²) in [5, 5.41) is 17.8. The summed E-state index contributed by atoms with van der Waals surface area (Å²) >= 11 is 5.95. The van der Waals surface area contributed by atoms with E-state index in [4.69, 9.17) is 11.6 Å². The number of aromatic amines is 1. The molecule has 1 atom stereocenters.